The topological polar surface area (TPSA) is 115 Å². The Kier molecular flexibility index (Phi) is 7.51. The third kappa shape index (κ3) is 6.46. The lowest BCUT2D eigenvalue weighted by molar-refractivity contribution is 0.378. The Morgan fingerprint density at radius 2 is 1.51 bits per heavy atom. The average Bonchev–Trinajstić information content (AvgIpc) is 2.86. The van der Waals surface area contributed by atoms with Gasteiger partial charge in [-0.05, 0) is 47.4 Å². The molecule has 0 radical (unpaired) electrons. The Hall–Kier alpha value is -3.89. The molecule has 0 aliphatic carbocycles. The molecule has 11 heteroatoms. The minimum atomic E-state index is -4.15. The molecule has 0 spiro atoms. The summed E-state index contributed by atoms with van der Waals surface area (Å²) in [7, 11) is -2.66. The van der Waals surface area contributed by atoms with E-state index in [1.807, 2.05) is 12.1 Å². The molecule has 9 nitrogen and oxygen atoms in total. The highest BCUT2D eigenvalue weighted by atomic mass is 35.5. The van der Waals surface area contributed by atoms with Gasteiger partial charge in [0, 0.05) is 18.0 Å². The van der Waals surface area contributed by atoms with Crippen molar-refractivity contribution in [3.63, 3.8) is 0 Å². The van der Waals surface area contributed by atoms with Crippen molar-refractivity contribution < 1.29 is 17.9 Å². The summed E-state index contributed by atoms with van der Waals surface area (Å²) in [6.07, 6.45) is 3.14. The molecule has 2 heterocycles. The number of para-hydroxylation sites is 2. The summed E-state index contributed by atoms with van der Waals surface area (Å²) < 4.78 is 42.5. The SMILES string of the molecule is COc1ccccc1Oc1c(Cl)nc(-c2ccncc2)nc1NS(=O)(=O)Nc1ccc(C(C)(C)C)cc1. The Labute approximate surface area is 221 Å². The standard InChI is InChI=1S/C26H26ClN5O4S/c1-26(2,3)18-9-11-19(12-10-18)31-37(33,34)32-25-22(36-21-8-6-5-7-20(21)35-4)23(27)29-24(30-25)17-13-15-28-16-14-17/h5-16,31H,1-4H3,(H,29,30,32). The van der Waals surface area contributed by atoms with Crippen molar-refractivity contribution in [2.45, 2.75) is 26.2 Å². The van der Waals surface area contributed by atoms with Crippen molar-refractivity contribution in [2.24, 2.45) is 0 Å². The molecule has 0 aliphatic heterocycles. The van der Waals surface area contributed by atoms with Crippen LogP contribution < -0.4 is 18.9 Å². The lowest BCUT2D eigenvalue weighted by atomic mass is 9.87. The second-order valence-electron chi connectivity index (χ2n) is 9.04. The summed E-state index contributed by atoms with van der Waals surface area (Å²) >= 11 is 6.49. The minimum absolute atomic E-state index is 0.0680. The van der Waals surface area contributed by atoms with Crippen molar-refractivity contribution in [3.05, 3.63) is 83.8 Å². The van der Waals surface area contributed by atoms with Gasteiger partial charge in [0.05, 0.1) is 12.8 Å². The molecule has 0 bridgehead atoms. The predicted molar refractivity (Wildman–Crippen MR) is 145 cm³/mol. The Morgan fingerprint density at radius 1 is 0.865 bits per heavy atom. The van der Waals surface area contributed by atoms with Gasteiger partial charge in [0.1, 0.15) is 0 Å². The van der Waals surface area contributed by atoms with Crippen LogP contribution in [0.15, 0.2) is 73.1 Å². The molecule has 192 valence electrons. The van der Waals surface area contributed by atoms with Crippen molar-refractivity contribution in [3.8, 4) is 28.6 Å². The molecule has 2 N–H and O–H groups in total. The number of rotatable bonds is 8. The number of benzene rings is 2. The lowest BCUT2D eigenvalue weighted by Gasteiger charge is -2.19. The van der Waals surface area contributed by atoms with E-state index in [9.17, 15) is 8.42 Å². The van der Waals surface area contributed by atoms with Crippen LogP contribution in [0, 0.1) is 0 Å². The van der Waals surface area contributed by atoms with E-state index < -0.39 is 10.2 Å². The highest BCUT2D eigenvalue weighted by Gasteiger charge is 2.23. The highest BCUT2D eigenvalue weighted by molar-refractivity contribution is 7.94. The van der Waals surface area contributed by atoms with Crippen LogP contribution in [-0.4, -0.2) is 30.5 Å². The van der Waals surface area contributed by atoms with Crippen LogP contribution in [0.3, 0.4) is 0 Å². The summed E-state index contributed by atoms with van der Waals surface area (Å²) in [6, 6.07) is 17.4. The van der Waals surface area contributed by atoms with Gasteiger partial charge in [-0.1, -0.05) is 56.6 Å². The maximum absolute atomic E-state index is 13.1. The van der Waals surface area contributed by atoms with Crippen molar-refractivity contribution in [1.29, 1.82) is 0 Å². The highest BCUT2D eigenvalue weighted by Crippen LogP contribution is 2.39. The van der Waals surface area contributed by atoms with Crippen LogP contribution in [0.1, 0.15) is 26.3 Å². The van der Waals surface area contributed by atoms with E-state index in [0.717, 1.165) is 5.56 Å². The second-order valence-corrected chi connectivity index (χ2v) is 10.8. The van der Waals surface area contributed by atoms with E-state index in [1.54, 1.807) is 60.9 Å². The number of pyridine rings is 1. The molecule has 0 fully saturated rings. The monoisotopic (exact) mass is 539 g/mol. The number of anilines is 2. The first kappa shape index (κ1) is 26.2. The normalized spacial score (nSPS) is 11.6. The van der Waals surface area contributed by atoms with Crippen molar-refractivity contribution in [1.82, 2.24) is 15.0 Å². The van der Waals surface area contributed by atoms with Crippen LogP contribution >= 0.6 is 11.6 Å². The minimum Gasteiger partial charge on any atom is -0.493 e. The fourth-order valence-electron chi connectivity index (χ4n) is 3.37. The van der Waals surface area contributed by atoms with E-state index in [0.29, 0.717) is 22.7 Å². The van der Waals surface area contributed by atoms with Crippen LogP contribution in [-0.2, 0) is 15.6 Å². The summed E-state index contributed by atoms with van der Waals surface area (Å²) in [6.45, 7) is 6.24. The van der Waals surface area contributed by atoms with E-state index >= 15 is 0 Å². The smallest absolute Gasteiger partial charge is 0.322 e. The summed E-state index contributed by atoms with van der Waals surface area (Å²) in [5.74, 6) is 0.668. The van der Waals surface area contributed by atoms with Crippen molar-refractivity contribution >= 4 is 33.3 Å². The predicted octanol–water partition coefficient (Wildman–Crippen LogP) is 6.06. The largest absolute Gasteiger partial charge is 0.493 e. The fraction of sp³-hybridized carbons (Fsp3) is 0.192. The van der Waals surface area contributed by atoms with Gasteiger partial charge in [-0.25, -0.2) is 14.7 Å². The van der Waals surface area contributed by atoms with E-state index in [1.165, 1.54) is 7.11 Å². The number of hydrogen-bond donors (Lipinski definition) is 2. The Balaban J connectivity index is 1.71. The molecule has 0 saturated carbocycles. The molecule has 2 aromatic heterocycles. The molecular weight excluding hydrogens is 514 g/mol. The van der Waals surface area contributed by atoms with Gasteiger partial charge in [-0.2, -0.15) is 8.42 Å². The van der Waals surface area contributed by atoms with E-state index in [-0.39, 0.29) is 28.0 Å². The fourth-order valence-corrected chi connectivity index (χ4v) is 4.47. The number of ether oxygens (including phenoxy) is 2. The first-order valence-electron chi connectivity index (χ1n) is 11.3. The first-order valence-corrected chi connectivity index (χ1v) is 13.1. The Morgan fingerprint density at radius 3 is 2.14 bits per heavy atom. The van der Waals surface area contributed by atoms with E-state index in [2.05, 4.69) is 45.2 Å². The van der Waals surface area contributed by atoms with Crippen LogP contribution in [0.2, 0.25) is 5.15 Å². The molecule has 2 aromatic carbocycles. The first-order chi connectivity index (χ1) is 17.6. The number of aromatic nitrogens is 3. The number of methoxy groups -OCH3 is 1. The third-order valence-electron chi connectivity index (χ3n) is 5.28. The molecule has 0 atom stereocenters. The zero-order valence-electron chi connectivity index (χ0n) is 20.7. The van der Waals surface area contributed by atoms with Gasteiger partial charge in [-0.3, -0.25) is 9.71 Å². The van der Waals surface area contributed by atoms with Crippen LogP contribution in [0.4, 0.5) is 11.5 Å². The molecule has 37 heavy (non-hydrogen) atoms. The van der Waals surface area contributed by atoms with Gasteiger partial charge < -0.3 is 9.47 Å². The Bertz CT molecular complexity index is 1490. The summed E-state index contributed by atoms with van der Waals surface area (Å²) in [5.41, 5.74) is 1.97. The third-order valence-corrected chi connectivity index (χ3v) is 6.50. The second kappa shape index (κ2) is 10.6. The zero-order valence-corrected chi connectivity index (χ0v) is 22.3. The number of nitrogens with zero attached hydrogens (tertiary/aromatic N) is 3. The lowest BCUT2D eigenvalue weighted by Crippen LogP contribution is -2.23. The number of halogens is 1. The molecule has 0 unspecified atom stereocenters. The molecule has 0 amide bonds. The quantitative estimate of drug-likeness (QED) is 0.261. The summed E-state index contributed by atoms with van der Waals surface area (Å²) in [4.78, 5) is 12.7. The molecule has 4 aromatic rings. The van der Waals surface area contributed by atoms with Crippen molar-refractivity contribution in [2.75, 3.05) is 16.6 Å². The van der Waals surface area contributed by atoms with Gasteiger partial charge in [0.25, 0.3) is 0 Å². The number of nitrogens with one attached hydrogen (secondary N) is 2. The van der Waals surface area contributed by atoms with Gasteiger partial charge >= 0.3 is 10.2 Å². The number of hydrogen-bond acceptors (Lipinski definition) is 7. The van der Waals surface area contributed by atoms with Gasteiger partial charge in [0.15, 0.2) is 28.3 Å². The van der Waals surface area contributed by atoms with E-state index in [4.69, 9.17) is 21.1 Å². The maximum atomic E-state index is 13.1. The van der Waals surface area contributed by atoms with Crippen LogP contribution in [0.25, 0.3) is 11.4 Å². The molecule has 4 rings (SSSR count). The molecular formula is C26H26ClN5O4S. The maximum Gasteiger partial charge on any atom is 0.322 e. The van der Waals surface area contributed by atoms with Gasteiger partial charge in [0.2, 0.25) is 5.75 Å². The molecule has 0 aliphatic rings. The zero-order chi connectivity index (χ0) is 26.6. The van der Waals surface area contributed by atoms with Gasteiger partial charge in [-0.15, -0.1) is 0 Å². The average molecular weight is 540 g/mol. The summed E-state index contributed by atoms with van der Waals surface area (Å²) in [5, 5.41) is -0.0973. The van der Waals surface area contributed by atoms with Crippen LogP contribution in [0.5, 0.6) is 17.2 Å². The molecule has 0 saturated heterocycles.